The van der Waals surface area contributed by atoms with Crippen molar-refractivity contribution in [1.29, 1.82) is 0 Å². The first-order chi connectivity index (χ1) is 11.4. The second-order valence-corrected chi connectivity index (χ2v) is 8.42. The Balaban J connectivity index is 1.78. The first-order valence-corrected chi connectivity index (χ1v) is 9.62. The van der Waals surface area contributed by atoms with E-state index in [0.717, 1.165) is 10.6 Å². The van der Waals surface area contributed by atoms with Crippen molar-refractivity contribution in [2.45, 2.75) is 18.2 Å². The second kappa shape index (κ2) is 6.50. The van der Waals surface area contributed by atoms with E-state index < -0.39 is 10.0 Å². The molecular formula is C15H17N3O4S2. The van der Waals surface area contributed by atoms with Crippen molar-refractivity contribution in [3.05, 3.63) is 34.3 Å². The maximum Gasteiger partial charge on any atom is 0.262 e. The van der Waals surface area contributed by atoms with Gasteiger partial charge in [-0.15, -0.1) is 11.3 Å². The van der Waals surface area contributed by atoms with Gasteiger partial charge in [-0.3, -0.25) is 4.79 Å². The van der Waals surface area contributed by atoms with Crippen molar-refractivity contribution in [1.82, 2.24) is 9.29 Å². The minimum atomic E-state index is -3.65. The molecule has 0 saturated heterocycles. The third kappa shape index (κ3) is 3.28. The Hall–Kier alpha value is -1.97. The highest BCUT2D eigenvalue weighted by atomic mass is 32.2. The summed E-state index contributed by atoms with van der Waals surface area (Å²) < 4.78 is 32.0. The minimum Gasteiger partial charge on any atom is -0.482 e. The van der Waals surface area contributed by atoms with Crippen molar-refractivity contribution in [2.75, 3.05) is 25.5 Å². The number of carbonyl (C=O) groups excluding carboxylic acids is 1. The van der Waals surface area contributed by atoms with Crippen LogP contribution in [0.5, 0.6) is 5.75 Å². The molecule has 0 saturated carbocycles. The Kier molecular flexibility index (Phi) is 4.57. The number of rotatable bonds is 5. The van der Waals surface area contributed by atoms with Crippen LogP contribution in [0.3, 0.4) is 0 Å². The van der Waals surface area contributed by atoms with E-state index in [0.29, 0.717) is 24.4 Å². The van der Waals surface area contributed by atoms with Crippen LogP contribution >= 0.6 is 11.3 Å². The van der Waals surface area contributed by atoms with Gasteiger partial charge in [-0.25, -0.2) is 17.7 Å². The molecule has 0 aliphatic carbocycles. The summed E-state index contributed by atoms with van der Waals surface area (Å²) in [7, 11) is -2.10. The first kappa shape index (κ1) is 16.9. The predicted molar refractivity (Wildman–Crippen MR) is 90.9 cm³/mol. The molecular weight excluding hydrogens is 350 g/mol. The predicted octanol–water partition coefficient (Wildman–Crippen LogP) is 1.65. The van der Waals surface area contributed by atoms with Crippen LogP contribution < -0.4 is 10.1 Å². The fourth-order valence-electron chi connectivity index (χ4n) is 2.35. The van der Waals surface area contributed by atoms with Gasteiger partial charge in [-0.05, 0) is 31.5 Å². The number of nitrogens with zero attached hydrogens (tertiary/aromatic N) is 2. The van der Waals surface area contributed by atoms with Crippen LogP contribution in [0.4, 0.5) is 5.69 Å². The monoisotopic (exact) mass is 367 g/mol. The molecule has 1 N–H and O–H groups in total. The highest BCUT2D eigenvalue weighted by Gasteiger charge is 2.24. The Labute approximate surface area is 144 Å². The number of carbonyl (C=O) groups is 1. The number of amides is 1. The van der Waals surface area contributed by atoms with Gasteiger partial charge in [0.15, 0.2) is 6.61 Å². The van der Waals surface area contributed by atoms with Crippen LogP contribution in [0.2, 0.25) is 0 Å². The Morgan fingerprint density at radius 2 is 2.21 bits per heavy atom. The third-order valence-electron chi connectivity index (χ3n) is 3.79. The Bertz CT molecular complexity index is 877. The number of nitrogens with one attached hydrogen (secondary N) is 1. The molecule has 0 unspecified atom stereocenters. The van der Waals surface area contributed by atoms with E-state index in [4.69, 9.17) is 4.74 Å². The van der Waals surface area contributed by atoms with Crippen LogP contribution in [0.25, 0.3) is 0 Å². The van der Waals surface area contributed by atoms with Gasteiger partial charge in [0.05, 0.1) is 21.8 Å². The van der Waals surface area contributed by atoms with Gasteiger partial charge in [0.2, 0.25) is 10.0 Å². The number of anilines is 1. The maximum absolute atomic E-state index is 12.7. The first-order valence-electron chi connectivity index (χ1n) is 7.30. The molecule has 0 radical (unpaired) electrons. The zero-order valence-corrected chi connectivity index (χ0v) is 14.9. The van der Waals surface area contributed by atoms with Crippen molar-refractivity contribution in [2.24, 2.45) is 0 Å². The summed E-state index contributed by atoms with van der Waals surface area (Å²) in [6.07, 6.45) is 0.608. The highest BCUT2D eigenvalue weighted by molar-refractivity contribution is 7.89. The molecule has 0 atom stereocenters. The lowest BCUT2D eigenvalue weighted by molar-refractivity contribution is -0.118. The fraction of sp³-hybridized carbons (Fsp3) is 0.333. The molecule has 24 heavy (non-hydrogen) atoms. The summed E-state index contributed by atoms with van der Waals surface area (Å²) >= 11 is 1.52. The van der Waals surface area contributed by atoms with Crippen LogP contribution in [-0.4, -0.2) is 43.8 Å². The van der Waals surface area contributed by atoms with Gasteiger partial charge in [0.25, 0.3) is 5.91 Å². The SMILES string of the molecule is Cc1ncsc1CCN(C)S(=O)(=O)c1ccc2c(c1)NC(=O)CO2. The molecule has 0 fully saturated rings. The Morgan fingerprint density at radius 3 is 2.92 bits per heavy atom. The summed E-state index contributed by atoms with van der Waals surface area (Å²) in [6, 6.07) is 4.47. The minimum absolute atomic E-state index is 0.0623. The zero-order valence-electron chi connectivity index (χ0n) is 13.3. The van der Waals surface area contributed by atoms with E-state index in [9.17, 15) is 13.2 Å². The topological polar surface area (TPSA) is 88.6 Å². The number of hydrogen-bond donors (Lipinski definition) is 1. The molecule has 7 nitrogen and oxygen atoms in total. The molecule has 0 spiro atoms. The lowest BCUT2D eigenvalue weighted by Crippen LogP contribution is -2.30. The quantitative estimate of drug-likeness (QED) is 0.868. The normalized spacial score (nSPS) is 14.2. The highest BCUT2D eigenvalue weighted by Crippen LogP contribution is 2.31. The molecule has 0 bridgehead atoms. The van der Waals surface area contributed by atoms with Gasteiger partial charge in [0.1, 0.15) is 5.75 Å². The zero-order chi connectivity index (χ0) is 17.3. The van der Waals surface area contributed by atoms with Crippen LogP contribution in [-0.2, 0) is 21.2 Å². The molecule has 2 aromatic rings. The standard InChI is InChI=1S/C15H17N3O4S2/c1-10-14(23-9-16-10)5-6-18(2)24(20,21)11-3-4-13-12(7-11)17-15(19)8-22-13/h3-4,7,9H,5-6,8H2,1-2H3,(H,17,19). The smallest absolute Gasteiger partial charge is 0.262 e. The van der Waals surface area contributed by atoms with Gasteiger partial charge in [-0.2, -0.15) is 0 Å². The summed E-state index contributed by atoms with van der Waals surface area (Å²) in [5.41, 5.74) is 3.06. The van der Waals surface area contributed by atoms with Crippen molar-refractivity contribution < 1.29 is 17.9 Å². The average molecular weight is 367 g/mol. The van der Waals surface area contributed by atoms with Crippen LogP contribution in [0.15, 0.2) is 28.6 Å². The van der Waals surface area contributed by atoms with E-state index in [1.807, 2.05) is 6.92 Å². The van der Waals surface area contributed by atoms with Gasteiger partial charge in [0, 0.05) is 18.5 Å². The van der Waals surface area contributed by atoms with E-state index in [-0.39, 0.29) is 17.4 Å². The van der Waals surface area contributed by atoms with Crippen molar-refractivity contribution >= 4 is 33.0 Å². The van der Waals surface area contributed by atoms with Crippen LogP contribution in [0, 0.1) is 6.92 Å². The second-order valence-electron chi connectivity index (χ2n) is 5.43. The van der Waals surface area contributed by atoms with Crippen LogP contribution in [0.1, 0.15) is 10.6 Å². The summed E-state index contributed by atoms with van der Waals surface area (Å²) in [5.74, 6) is 0.169. The number of hydrogen-bond acceptors (Lipinski definition) is 6. The lowest BCUT2D eigenvalue weighted by Gasteiger charge is -2.21. The number of sulfonamides is 1. The number of fused-ring (bicyclic) bond motifs is 1. The molecule has 3 rings (SSSR count). The summed E-state index contributed by atoms with van der Waals surface area (Å²) in [6.45, 7) is 2.20. The van der Waals surface area contributed by atoms with E-state index in [2.05, 4.69) is 10.3 Å². The van der Waals surface area contributed by atoms with E-state index in [1.54, 1.807) is 18.6 Å². The number of aryl methyl sites for hydroxylation is 1. The van der Waals surface area contributed by atoms with Crippen molar-refractivity contribution in [3.63, 3.8) is 0 Å². The third-order valence-corrected chi connectivity index (χ3v) is 6.64. The molecule has 1 aliphatic rings. The van der Waals surface area contributed by atoms with E-state index in [1.165, 1.54) is 27.8 Å². The Morgan fingerprint density at radius 1 is 1.42 bits per heavy atom. The van der Waals surface area contributed by atoms with Gasteiger partial charge >= 0.3 is 0 Å². The molecule has 1 aromatic carbocycles. The number of ether oxygens (including phenoxy) is 1. The molecule has 2 heterocycles. The van der Waals surface area contributed by atoms with Crippen molar-refractivity contribution in [3.8, 4) is 5.75 Å². The maximum atomic E-state index is 12.7. The molecule has 9 heteroatoms. The van der Waals surface area contributed by atoms with Gasteiger partial charge in [-0.1, -0.05) is 0 Å². The number of thiazole rings is 1. The number of benzene rings is 1. The molecule has 1 aliphatic heterocycles. The number of likely N-dealkylation sites (N-methyl/N-ethyl adjacent to an activating group) is 1. The fourth-order valence-corrected chi connectivity index (χ4v) is 4.32. The largest absolute Gasteiger partial charge is 0.482 e. The molecule has 128 valence electrons. The summed E-state index contributed by atoms with van der Waals surface area (Å²) in [5, 5.41) is 2.62. The lowest BCUT2D eigenvalue weighted by atomic mass is 10.2. The van der Waals surface area contributed by atoms with Gasteiger partial charge < -0.3 is 10.1 Å². The number of aromatic nitrogens is 1. The summed E-state index contributed by atoms with van der Waals surface area (Å²) in [4.78, 5) is 16.7. The van der Waals surface area contributed by atoms with E-state index >= 15 is 0 Å². The average Bonchev–Trinajstić information content (AvgIpc) is 2.96. The molecule has 1 aromatic heterocycles. The molecule has 1 amide bonds.